The number of carbonyl (C=O) groups excluding carboxylic acids is 2. The van der Waals surface area contributed by atoms with Crippen molar-refractivity contribution in [2.45, 2.75) is 57.5 Å². The molecule has 1 aliphatic heterocycles. The molecule has 0 aromatic heterocycles. The topological polar surface area (TPSA) is 79.0 Å². The molecule has 6 nitrogen and oxygen atoms in total. The molecular weight excluding hydrogens is 335 g/mol. The first kappa shape index (κ1) is 18.4. The molecule has 1 atom stereocenters. The van der Waals surface area contributed by atoms with E-state index in [0.29, 0.717) is 17.9 Å². The number of nitrogens with two attached hydrogens (primary N) is 1. The van der Waals surface area contributed by atoms with E-state index in [4.69, 9.17) is 5.73 Å². The number of hydrogen-bond donors (Lipinski definition) is 1. The Morgan fingerprint density at radius 3 is 2.46 bits per heavy atom. The quantitative estimate of drug-likeness (QED) is 0.876. The van der Waals surface area contributed by atoms with Gasteiger partial charge in [-0.3, -0.25) is 14.6 Å². The smallest absolute Gasteiger partial charge is 0.270 e. The molecule has 1 fully saturated rings. The Bertz CT molecular complexity index is 698. The summed E-state index contributed by atoms with van der Waals surface area (Å²) in [7, 11) is 0. The van der Waals surface area contributed by atoms with E-state index in [2.05, 4.69) is 5.10 Å². The zero-order chi connectivity index (χ0) is 18.7. The minimum absolute atomic E-state index is 0.129. The van der Waals surface area contributed by atoms with Gasteiger partial charge >= 0.3 is 0 Å². The lowest BCUT2D eigenvalue weighted by Crippen LogP contribution is -2.45. The summed E-state index contributed by atoms with van der Waals surface area (Å²) >= 11 is 0. The fraction of sp³-hybridized carbons (Fsp3) is 0.526. The second kappa shape index (κ2) is 7.85. The Balaban J connectivity index is 1.83. The van der Waals surface area contributed by atoms with Crippen molar-refractivity contribution in [2.75, 3.05) is 11.6 Å². The summed E-state index contributed by atoms with van der Waals surface area (Å²) in [6.07, 6.45) is 5.67. The van der Waals surface area contributed by atoms with Gasteiger partial charge in [0, 0.05) is 19.0 Å². The highest BCUT2D eigenvalue weighted by atomic mass is 19.1. The van der Waals surface area contributed by atoms with Crippen LogP contribution in [0.1, 0.15) is 45.4 Å². The normalized spacial score (nSPS) is 20.8. The van der Waals surface area contributed by atoms with Crippen LogP contribution in [0.3, 0.4) is 0 Å². The zero-order valence-corrected chi connectivity index (χ0v) is 15.0. The Labute approximate surface area is 152 Å². The van der Waals surface area contributed by atoms with E-state index in [1.165, 1.54) is 35.7 Å². The van der Waals surface area contributed by atoms with Crippen molar-refractivity contribution in [1.29, 1.82) is 0 Å². The van der Waals surface area contributed by atoms with Gasteiger partial charge < -0.3 is 10.6 Å². The molecule has 1 unspecified atom stereocenters. The van der Waals surface area contributed by atoms with E-state index in [1.807, 2.05) is 11.8 Å². The molecule has 2 N–H and O–H groups in total. The van der Waals surface area contributed by atoms with Crippen LogP contribution in [0.25, 0.3) is 0 Å². The molecule has 1 saturated carbocycles. The van der Waals surface area contributed by atoms with Gasteiger partial charge in [0.1, 0.15) is 17.6 Å². The average molecular weight is 360 g/mol. The van der Waals surface area contributed by atoms with E-state index in [9.17, 15) is 14.0 Å². The fourth-order valence-corrected chi connectivity index (χ4v) is 3.82. The average Bonchev–Trinajstić information content (AvgIpc) is 3.09. The van der Waals surface area contributed by atoms with Crippen LogP contribution < -0.4 is 10.7 Å². The Hall–Kier alpha value is -2.44. The van der Waals surface area contributed by atoms with Crippen LogP contribution in [0.4, 0.5) is 10.1 Å². The lowest BCUT2D eigenvalue weighted by atomic mass is 9.93. The SMILES string of the molecule is CCN(C(=O)C1=NN(c2ccc(F)cc2)C(C(N)=O)C1)C1CCCCC1. The third-order valence-electron chi connectivity index (χ3n) is 5.19. The first-order valence-corrected chi connectivity index (χ1v) is 9.23. The third-order valence-corrected chi connectivity index (χ3v) is 5.19. The number of carbonyl (C=O) groups is 2. The summed E-state index contributed by atoms with van der Waals surface area (Å²) in [5.41, 5.74) is 6.40. The van der Waals surface area contributed by atoms with Crippen molar-refractivity contribution in [3.63, 3.8) is 0 Å². The number of nitrogens with zero attached hydrogens (tertiary/aromatic N) is 3. The van der Waals surface area contributed by atoms with Gasteiger partial charge in [-0.2, -0.15) is 5.10 Å². The van der Waals surface area contributed by atoms with Gasteiger partial charge in [0.05, 0.1) is 5.69 Å². The van der Waals surface area contributed by atoms with Crippen LogP contribution >= 0.6 is 0 Å². The van der Waals surface area contributed by atoms with Gasteiger partial charge in [0.15, 0.2) is 0 Å². The van der Waals surface area contributed by atoms with Crippen molar-refractivity contribution in [3.05, 3.63) is 30.1 Å². The molecule has 1 heterocycles. The number of halogens is 1. The first-order valence-electron chi connectivity index (χ1n) is 9.23. The molecule has 26 heavy (non-hydrogen) atoms. The number of primary amides is 1. The van der Waals surface area contributed by atoms with Crippen LogP contribution in [0.2, 0.25) is 0 Å². The largest absolute Gasteiger partial charge is 0.368 e. The number of amides is 2. The molecule has 1 aromatic rings. The molecule has 1 aromatic carbocycles. The van der Waals surface area contributed by atoms with Gasteiger partial charge in [0.2, 0.25) is 5.91 Å². The van der Waals surface area contributed by atoms with E-state index in [0.717, 1.165) is 25.7 Å². The standard InChI is InChI=1S/C19H25FN4O2/c1-2-23(14-6-4-3-5-7-14)19(26)16-12-17(18(21)25)24(22-16)15-10-8-13(20)9-11-15/h8-11,14,17H,2-7,12H2,1H3,(H2,21,25). The number of rotatable bonds is 5. The number of benzene rings is 1. The zero-order valence-electron chi connectivity index (χ0n) is 15.0. The van der Waals surface area contributed by atoms with Gasteiger partial charge in [-0.25, -0.2) is 4.39 Å². The van der Waals surface area contributed by atoms with Crippen molar-refractivity contribution >= 4 is 23.2 Å². The van der Waals surface area contributed by atoms with Gasteiger partial charge in [-0.15, -0.1) is 0 Å². The lowest BCUT2D eigenvalue weighted by Gasteiger charge is -2.33. The monoisotopic (exact) mass is 360 g/mol. The predicted octanol–water partition coefficient (Wildman–Crippen LogP) is 2.43. The van der Waals surface area contributed by atoms with Gasteiger partial charge in [-0.1, -0.05) is 19.3 Å². The van der Waals surface area contributed by atoms with Crippen LogP contribution in [-0.2, 0) is 9.59 Å². The van der Waals surface area contributed by atoms with Crippen LogP contribution in [0, 0.1) is 5.82 Å². The Morgan fingerprint density at radius 2 is 1.88 bits per heavy atom. The van der Waals surface area contributed by atoms with E-state index >= 15 is 0 Å². The van der Waals surface area contributed by atoms with Crippen molar-refractivity contribution in [1.82, 2.24) is 4.90 Å². The predicted molar refractivity (Wildman–Crippen MR) is 98.2 cm³/mol. The molecule has 1 aliphatic carbocycles. The highest BCUT2D eigenvalue weighted by molar-refractivity contribution is 6.40. The van der Waals surface area contributed by atoms with Crippen molar-refractivity contribution in [3.8, 4) is 0 Å². The molecule has 7 heteroatoms. The maximum Gasteiger partial charge on any atom is 0.270 e. The third kappa shape index (κ3) is 3.71. The highest BCUT2D eigenvalue weighted by Gasteiger charge is 2.37. The van der Waals surface area contributed by atoms with E-state index in [-0.39, 0.29) is 24.2 Å². The molecule has 2 amide bonds. The molecule has 0 saturated heterocycles. The molecular formula is C19H25FN4O2. The molecule has 2 aliphatic rings. The summed E-state index contributed by atoms with van der Waals surface area (Å²) in [4.78, 5) is 26.8. The molecule has 0 bridgehead atoms. The molecule has 3 rings (SSSR count). The summed E-state index contributed by atoms with van der Waals surface area (Å²) in [5.74, 6) is -1.06. The van der Waals surface area contributed by atoms with Crippen molar-refractivity contribution in [2.24, 2.45) is 10.8 Å². The molecule has 0 radical (unpaired) electrons. The van der Waals surface area contributed by atoms with Crippen LogP contribution in [0.15, 0.2) is 29.4 Å². The summed E-state index contributed by atoms with van der Waals surface area (Å²) < 4.78 is 13.2. The maximum absolute atomic E-state index is 13.2. The number of anilines is 1. The van der Waals surface area contributed by atoms with Crippen LogP contribution in [0.5, 0.6) is 0 Å². The summed E-state index contributed by atoms with van der Waals surface area (Å²) in [6.45, 7) is 2.58. The summed E-state index contributed by atoms with van der Waals surface area (Å²) in [5, 5.41) is 5.82. The highest BCUT2D eigenvalue weighted by Crippen LogP contribution is 2.27. The summed E-state index contributed by atoms with van der Waals surface area (Å²) in [6, 6.07) is 5.15. The van der Waals surface area contributed by atoms with E-state index < -0.39 is 11.9 Å². The van der Waals surface area contributed by atoms with E-state index in [1.54, 1.807) is 0 Å². The minimum atomic E-state index is -0.732. The van der Waals surface area contributed by atoms with Crippen molar-refractivity contribution < 1.29 is 14.0 Å². The number of hydrogen-bond acceptors (Lipinski definition) is 4. The lowest BCUT2D eigenvalue weighted by molar-refractivity contribution is -0.126. The Morgan fingerprint density at radius 1 is 1.23 bits per heavy atom. The minimum Gasteiger partial charge on any atom is -0.368 e. The molecule has 140 valence electrons. The molecule has 0 spiro atoms. The first-order chi connectivity index (χ1) is 12.5. The second-order valence-corrected chi connectivity index (χ2v) is 6.87. The Kier molecular flexibility index (Phi) is 5.54. The van der Waals surface area contributed by atoms with Gasteiger partial charge in [-0.05, 0) is 44.0 Å². The van der Waals surface area contributed by atoms with Gasteiger partial charge in [0.25, 0.3) is 5.91 Å². The number of hydrazone groups is 1. The fourth-order valence-electron chi connectivity index (χ4n) is 3.82. The van der Waals surface area contributed by atoms with Crippen LogP contribution in [-0.4, -0.2) is 41.1 Å². The maximum atomic E-state index is 13.2. The second-order valence-electron chi connectivity index (χ2n) is 6.87.